The van der Waals surface area contributed by atoms with Gasteiger partial charge in [0.05, 0.1) is 4.47 Å². The average Bonchev–Trinajstić information content (AvgIpc) is 2.74. The van der Waals surface area contributed by atoms with E-state index in [1.165, 1.54) is 12.1 Å². The number of hydrogen-bond acceptors (Lipinski definition) is 2. The van der Waals surface area contributed by atoms with E-state index in [0.717, 1.165) is 4.47 Å². The van der Waals surface area contributed by atoms with Crippen LogP contribution in [0, 0.1) is 5.82 Å². The van der Waals surface area contributed by atoms with Gasteiger partial charge in [-0.25, -0.2) is 4.39 Å². The summed E-state index contributed by atoms with van der Waals surface area (Å²) in [6, 6.07) is 10.1. The number of nitrogens with zero attached hydrogens (tertiary/aromatic N) is 3. The highest BCUT2D eigenvalue weighted by Crippen LogP contribution is 2.22. The predicted octanol–water partition coefficient (Wildman–Crippen LogP) is 3.30. The lowest BCUT2D eigenvalue weighted by Gasteiger charge is -2.00. The van der Waals surface area contributed by atoms with Crippen molar-refractivity contribution < 1.29 is 4.39 Å². The highest BCUT2D eigenvalue weighted by molar-refractivity contribution is 9.10. The van der Waals surface area contributed by atoms with Gasteiger partial charge in [0.2, 0.25) is 0 Å². The number of rotatable bonds is 1. The third kappa shape index (κ3) is 1.72. The lowest BCUT2D eigenvalue weighted by molar-refractivity contribution is 0.628. The number of halogens is 2. The Morgan fingerprint density at radius 2 is 2.00 bits per heavy atom. The van der Waals surface area contributed by atoms with Crippen molar-refractivity contribution in [1.29, 1.82) is 0 Å². The highest BCUT2D eigenvalue weighted by atomic mass is 79.9. The van der Waals surface area contributed by atoms with Crippen LogP contribution in [0.15, 0.2) is 47.1 Å². The van der Waals surface area contributed by atoms with Crippen LogP contribution in [0.1, 0.15) is 0 Å². The zero-order valence-electron chi connectivity index (χ0n) is 8.64. The fourth-order valence-electron chi connectivity index (χ4n) is 1.71. The normalized spacial score (nSPS) is 10.9. The van der Waals surface area contributed by atoms with Gasteiger partial charge in [0.25, 0.3) is 0 Å². The lowest BCUT2D eigenvalue weighted by atomic mass is 10.2. The first-order valence-electron chi connectivity index (χ1n) is 5.01. The Balaban J connectivity index is 2.28. The monoisotopic (exact) mass is 291 g/mol. The van der Waals surface area contributed by atoms with Crippen LogP contribution in [-0.4, -0.2) is 14.6 Å². The molecule has 0 spiro atoms. The van der Waals surface area contributed by atoms with Crippen LogP contribution >= 0.6 is 15.9 Å². The maximum Gasteiger partial charge on any atom is 0.175 e. The summed E-state index contributed by atoms with van der Waals surface area (Å²) >= 11 is 3.40. The Kier molecular flexibility index (Phi) is 2.40. The lowest BCUT2D eigenvalue weighted by Crippen LogP contribution is -1.89. The Morgan fingerprint density at radius 3 is 2.82 bits per heavy atom. The van der Waals surface area contributed by atoms with Crippen molar-refractivity contribution in [3.8, 4) is 11.4 Å². The van der Waals surface area contributed by atoms with E-state index in [1.807, 2.05) is 22.7 Å². The fraction of sp³-hybridized carbons (Fsp3) is 0. The molecule has 0 saturated carbocycles. The molecule has 2 heterocycles. The molecule has 5 heteroatoms. The van der Waals surface area contributed by atoms with Gasteiger partial charge in [-0.2, -0.15) is 0 Å². The van der Waals surface area contributed by atoms with Crippen LogP contribution in [0.3, 0.4) is 0 Å². The topological polar surface area (TPSA) is 30.2 Å². The summed E-state index contributed by atoms with van der Waals surface area (Å²) in [5, 5.41) is 8.15. The summed E-state index contributed by atoms with van der Waals surface area (Å²) in [5.74, 6) is 0.343. The molecule has 0 bridgehead atoms. The van der Waals surface area contributed by atoms with Crippen LogP contribution in [0.5, 0.6) is 0 Å². The van der Waals surface area contributed by atoms with Crippen molar-refractivity contribution in [1.82, 2.24) is 14.6 Å². The van der Waals surface area contributed by atoms with Gasteiger partial charge < -0.3 is 0 Å². The molecule has 1 aromatic carbocycles. The van der Waals surface area contributed by atoms with Crippen molar-refractivity contribution >= 4 is 21.6 Å². The molecule has 0 aliphatic rings. The molecule has 0 radical (unpaired) electrons. The minimum atomic E-state index is -0.283. The first-order valence-corrected chi connectivity index (χ1v) is 5.80. The molecule has 0 atom stereocenters. The van der Waals surface area contributed by atoms with Crippen molar-refractivity contribution in [2.75, 3.05) is 0 Å². The summed E-state index contributed by atoms with van der Waals surface area (Å²) in [7, 11) is 0. The van der Waals surface area contributed by atoms with E-state index in [0.29, 0.717) is 17.0 Å². The SMILES string of the molecule is Fc1cccc(-c2nnc3c(Br)cccn23)c1. The van der Waals surface area contributed by atoms with Crippen molar-refractivity contribution in [3.63, 3.8) is 0 Å². The summed E-state index contributed by atoms with van der Waals surface area (Å²) < 4.78 is 15.8. The van der Waals surface area contributed by atoms with Gasteiger partial charge in [-0.3, -0.25) is 4.40 Å². The molecule has 0 amide bonds. The van der Waals surface area contributed by atoms with E-state index in [-0.39, 0.29) is 5.82 Å². The van der Waals surface area contributed by atoms with Gasteiger partial charge in [-0.1, -0.05) is 12.1 Å². The van der Waals surface area contributed by atoms with Crippen molar-refractivity contribution in [2.24, 2.45) is 0 Å². The highest BCUT2D eigenvalue weighted by Gasteiger charge is 2.09. The van der Waals surface area contributed by atoms with E-state index in [9.17, 15) is 4.39 Å². The van der Waals surface area contributed by atoms with Gasteiger partial charge in [0.1, 0.15) is 5.82 Å². The number of fused-ring (bicyclic) bond motifs is 1. The summed E-state index contributed by atoms with van der Waals surface area (Å²) in [4.78, 5) is 0. The summed E-state index contributed by atoms with van der Waals surface area (Å²) in [5.41, 5.74) is 1.42. The van der Waals surface area contributed by atoms with E-state index in [2.05, 4.69) is 26.1 Å². The molecule has 84 valence electrons. The second-order valence-corrected chi connectivity index (χ2v) is 4.44. The third-order valence-electron chi connectivity index (χ3n) is 2.47. The van der Waals surface area contributed by atoms with Gasteiger partial charge >= 0.3 is 0 Å². The van der Waals surface area contributed by atoms with E-state index < -0.39 is 0 Å². The second-order valence-electron chi connectivity index (χ2n) is 3.58. The number of hydrogen-bond donors (Lipinski definition) is 0. The molecule has 3 rings (SSSR count). The zero-order valence-corrected chi connectivity index (χ0v) is 10.2. The molecule has 0 aliphatic heterocycles. The molecular weight excluding hydrogens is 285 g/mol. The Morgan fingerprint density at radius 1 is 1.12 bits per heavy atom. The van der Waals surface area contributed by atoms with Gasteiger partial charge in [0, 0.05) is 11.8 Å². The maximum absolute atomic E-state index is 13.2. The maximum atomic E-state index is 13.2. The smallest absolute Gasteiger partial charge is 0.175 e. The molecule has 0 saturated heterocycles. The van der Waals surface area contributed by atoms with Gasteiger partial charge in [-0.15, -0.1) is 10.2 Å². The Labute approximate surface area is 105 Å². The molecule has 0 unspecified atom stereocenters. The third-order valence-corrected chi connectivity index (χ3v) is 3.09. The van der Waals surface area contributed by atoms with E-state index >= 15 is 0 Å². The predicted molar refractivity (Wildman–Crippen MR) is 66.1 cm³/mol. The average molecular weight is 292 g/mol. The summed E-state index contributed by atoms with van der Waals surface area (Å²) in [6.45, 7) is 0. The largest absolute Gasteiger partial charge is 0.281 e. The molecule has 0 aliphatic carbocycles. The zero-order chi connectivity index (χ0) is 11.8. The number of pyridine rings is 1. The quantitative estimate of drug-likeness (QED) is 0.689. The minimum absolute atomic E-state index is 0.283. The first-order chi connectivity index (χ1) is 8.25. The van der Waals surface area contributed by atoms with Crippen LogP contribution < -0.4 is 0 Å². The molecule has 3 nitrogen and oxygen atoms in total. The van der Waals surface area contributed by atoms with Gasteiger partial charge in [-0.05, 0) is 40.2 Å². The number of aromatic nitrogens is 3. The van der Waals surface area contributed by atoms with Crippen molar-refractivity contribution in [2.45, 2.75) is 0 Å². The minimum Gasteiger partial charge on any atom is -0.281 e. The van der Waals surface area contributed by atoms with E-state index in [4.69, 9.17) is 0 Å². The van der Waals surface area contributed by atoms with Crippen LogP contribution in [0.4, 0.5) is 4.39 Å². The molecule has 0 fully saturated rings. The van der Waals surface area contributed by atoms with Gasteiger partial charge in [0.15, 0.2) is 11.5 Å². The van der Waals surface area contributed by atoms with Crippen LogP contribution in [0.25, 0.3) is 17.0 Å². The van der Waals surface area contributed by atoms with Crippen molar-refractivity contribution in [3.05, 3.63) is 52.9 Å². The van der Waals surface area contributed by atoms with Crippen LogP contribution in [-0.2, 0) is 0 Å². The molecule has 17 heavy (non-hydrogen) atoms. The standard InChI is InChI=1S/C12H7BrFN3/c13-10-5-2-6-17-11(15-16-12(10)17)8-3-1-4-9(14)7-8/h1-7H. The molecule has 2 aromatic heterocycles. The molecule has 0 N–H and O–H groups in total. The Bertz CT molecular complexity index is 693. The molecule has 3 aromatic rings. The Hall–Kier alpha value is -1.75. The first kappa shape index (κ1) is 10.4. The second kappa shape index (κ2) is 3.92. The van der Waals surface area contributed by atoms with Crippen LogP contribution in [0.2, 0.25) is 0 Å². The molecular formula is C12H7BrFN3. The fourth-order valence-corrected chi connectivity index (χ4v) is 2.13. The summed E-state index contributed by atoms with van der Waals surface area (Å²) in [6.07, 6.45) is 1.85. The van der Waals surface area contributed by atoms with E-state index in [1.54, 1.807) is 12.1 Å². The number of benzene rings is 1.